The number of benzene rings is 1. The molecule has 0 spiro atoms. The third-order valence-electron chi connectivity index (χ3n) is 5.08. The highest BCUT2D eigenvalue weighted by Gasteiger charge is 2.34. The molecule has 2 fully saturated rings. The second-order valence-electron chi connectivity index (χ2n) is 6.68. The van der Waals surface area contributed by atoms with Crippen molar-refractivity contribution in [3.05, 3.63) is 34.9 Å². The van der Waals surface area contributed by atoms with Crippen molar-refractivity contribution in [1.29, 1.82) is 0 Å². The van der Waals surface area contributed by atoms with Crippen molar-refractivity contribution >= 4 is 15.7 Å². The molecule has 0 N–H and O–H groups in total. The van der Waals surface area contributed by atoms with Crippen LogP contribution in [0.25, 0.3) is 0 Å². The SMILES string of the molecule is Cc1ccc(C(=O)N2CCN([C@H]3CCS(=O)(=O)C3)CC2)cc1C. The van der Waals surface area contributed by atoms with E-state index in [9.17, 15) is 13.2 Å². The normalized spacial score (nSPS) is 24.8. The van der Waals surface area contributed by atoms with Gasteiger partial charge in [-0.2, -0.15) is 0 Å². The molecular weight excluding hydrogens is 312 g/mol. The minimum Gasteiger partial charge on any atom is -0.336 e. The van der Waals surface area contributed by atoms with E-state index < -0.39 is 9.84 Å². The van der Waals surface area contributed by atoms with Crippen LogP contribution in [0.4, 0.5) is 0 Å². The average molecular weight is 336 g/mol. The lowest BCUT2D eigenvalue weighted by molar-refractivity contribution is 0.0587. The van der Waals surface area contributed by atoms with Gasteiger partial charge < -0.3 is 4.90 Å². The van der Waals surface area contributed by atoms with Crippen molar-refractivity contribution in [2.75, 3.05) is 37.7 Å². The van der Waals surface area contributed by atoms with Gasteiger partial charge in [-0.3, -0.25) is 9.69 Å². The molecule has 3 rings (SSSR count). The van der Waals surface area contributed by atoms with Gasteiger partial charge >= 0.3 is 0 Å². The van der Waals surface area contributed by atoms with Crippen molar-refractivity contribution in [2.45, 2.75) is 26.3 Å². The highest BCUT2D eigenvalue weighted by atomic mass is 32.2. The van der Waals surface area contributed by atoms with Gasteiger partial charge in [-0.1, -0.05) is 6.07 Å². The number of hydrogen-bond acceptors (Lipinski definition) is 4. The summed E-state index contributed by atoms with van der Waals surface area (Å²) in [5.41, 5.74) is 3.06. The summed E-state index contributed by atoms with van der Waals surface area (Å²) in [5.74, 6) is 0.657. The maximum atomic E-state index is 12.6. The molecule has 0 saturated carbocycles. The van der Waals surface area contributed by atoms with Gasteiger partial charge in [-0.25, -0.2) is 8.42 Å². The van der Waals surface area contributed by atoms with Gasteiger partial charge in [-0.15, -0.1) is 0 Å². The Morgan fingerprint density at radius 2 is 1.78 bits per heavy atom. The minimum absolute atomic E-state index is 0.0757. The molecule has 2 saturated heterocycles. The summed E-state index contributed by atoms with van der Waals surface area (Å²) in [6.07, 6.45) is 0.730. The molecule has 0 aromatic heterocycles. The average Bonchev–Trinajstić information content (AvgIpc) is 2.89. The van der Waals surface area contributed by atoms with Crippen LogP contribution in [0, 0.1) is 13.8 Å². The Balaban J connectivity index is 1.60. The zero-order chi connectivity index (χ0) is 16.6. The molecule has 2 heterocycles. The molecule has 5 nitrogen and oxygen atoms in total. The number of amides is 1. The van der Waals surface area contributed by atoms with Crippen LogP contribution >= 0.6 is 0 Å². The molecule has 1 aromatic carbocycles. The highest BCUT2D eigenvalue weighted by molar-refractivity contribution is 7.91. The molecule has 1 atom stereocenters. The zero-order valence-electron chi connectivity index (χ0n) is 13.8. The molecule has 126 valence electrons. The summed E-state index contributed by atoms with van der Waals surface area (Å²) in [7, 11) is -2.85. The number of aryl methyl sites for hydroxylation is 2. The fourth-order valence-electron chi connectivity index (χ4n) is 3.41. The predicted octanol–water partition coefficient (Wildman–Crippen LogP) is 1.25. The zero-order valence-corrected chi connectivity index (χ0v) is 14.6. The van der Waals surface area contributed by atoms with Crippen LogP contribution in [-0.4, -0.2) is 67.9 Å². The topological polar surface area (TPSA) is 57.7 Å². The van der Waals surface area contributed by atoms with Crippen molar-refractivity contribution in [3.8, 4) is 0 Å². The van der Waals surface area contributed by atoms with Gasteiger partial charge in [0.2, 0.25) is 0 Å². The lowest BCUT2D eigenvalue weighted by atomic mass is 10.1. The minimum atomic E-state index is -2.85. The molecule has 1 amide bonds. The molecule has 0 radical (unpaired) electrons. The fourth-order valence-corrected chi connectivity index (χ4v) is 5.17. The van der Waals surface area contributed by atoms with Crippen molar-refractivity contribution in [1.82, 2.24) is 9.80 Å². The standard InChI is InChI=1S/C17H24N2O3S/c1-13-3-4-15(11-14(13)2)17(20)19-8-6-18(7-9-19)16-5-10-23(21,22)12-16/h3-4,11,16H,5-10,12H2,1-2H3/t16-/m0/s1. The largest absolute Gasteiger partial charge is 0.336 e. The lowest BCUT2D eigenvalue weighted by Crippen LogP contribution is -2.52. The summed E-state index contributed by atoms with van der Waals surface area (Å²) in [5, 5.41) is 0. The second kappa shape index (κ2) is 6.24. The van der Waals surface area contributed by atoms with E-state index in [1.807, 2.05) is 36.9 Å². The van der Waals surface area contributed by atoms with Crippen LogP contribution in [0.3, 0.4) is 0 Å². The monoisotopic (exact) mass is 336 g/mol. The van der Waals surface area contributed by atoms with Gasteiger partial charge in [0.05, 0.1) is 11.5 Å². The number of piperazine rings is 1. The number of sulfone groups is 1. The summed E-state index contributed by atoms with van der Waals surface area (Å²) in [6.45, 7) is 6.92. The molecule has 0 bridgehead atoms. The number of carbonyl (C=O) groups excluding carboxylic acids is 1. The number of nitrogens with zero attached hydrogens (tertiary/aromatic N) is 2. The Bertz CT molecular complexity index is 707. The van der Waals surface area contributed by atoms with E-state index in [1.165, 1.54) is 5.56 Å². The van der Waals surface area contributed by atoms with Crippen LogP contribution in [0.2, 0.25) is 0 Å². The van der Waals surface area contributed by atoms with E-state index in [0.717, 1.165) is 30.6 Å². The Labute approximate surface area is 138 Å². The predicted molar refractivity (Wildman–Crippen MR) is 90.5 cm³/mol. The van der Waals surface area contributed by atoms with E-state index in [0.29, 0.717) is 18.8 Å². The van der Waals surface area contributed by atoms with Crippen LogP contribution in [0.5, 0.6) is 0 Å². The van der Waals surface area contributed by atoms with Crippen molar-refractivity contribution < 1.29 is 13.2 Å². The van der Waals surface area contributed by atoms with Gasteiger partial charge in [-0.05, 0) is 43.5 Å². The van der Waals surface area contributed by atoms with Crippen molar-refractivity contribution in [2.24, 2.45) is 0 Å². The first-order valence-electron chi connectivity index (χ1n) is 8.17. The maximum Gasteiger partial charge on any atom is 0.253 e. The van der Waals surface area contributed by atoms with E-state index in [4.69, 9.17) is 0 Å². The molecule has 0 aliphatic carbocycles. The van der Waals surface area contributed by atoms with E-state index >= 15 is 0 Å². The first kappa shape index (κ1) is 16.5. The summed E-state index contributed by atoms with van der Waals surface area (Å²) < 4.78 is 23.2. The first-order valence-corrected chi connectivity index (χ1v) is 9.99. The lowest BCUT2D eigenvalue weighted by Gasteiger charge is -2.37. The molecule has 23 heavy (non-hydrogen) atoms. The Morgan fingerprint density at radius 3 is 2.35 bits per heavy atom. The summed E-state index contributed by atoms with van der Waals surface area (Å²) >= 11 is 0. The van der Waals surface area contributed by atoms with Crippen LogP contribution in [0.15, 0.2) is 18.2 Å². The number of hydrogen-bond donors (Lipinski definition) is 0. The molecule has 0 unspecified atom stereocenters. The van der Waals surface area contributed by atoms with Crippen LogP contribution in [-0.2, 0) is 9.84 Å². The Morgan fingerprint density at radius 1 is 1.09 bits per heavy atom. The molecule has 1 aromatic rings. The third kappa shape index (κ3) is 3.58. The highest BCUT2D eigenvalue weighted by Crippen LogP contribution is 2.20. The Kier molecular flexibility index (Phi) is 4.47. The number of carbonyl (C=O) groups is 1. The van der Waals surface area contributed by atoms with E-state index in [-0.39, 0.29) is 17.7 Å². The fraction of sp³-hybridized carbons (Fsp3) is 0.588. The molecular formula is C17H24N2O3S. The van der Waals surface area contributed by atoms with Crippen molar-refractivity contribution in [3.63, 3.8) is 0 Å². The Hall–Kier alpha value is -1.40. The first-order chi connectivity index (χ1) is 10.9. The summed E-state index contributed by atoms with van der Waals surface area (Å²) in [6, 6.07) is 5.97. The van der Waals surface area contributed by atoms with Gasteiger partial charge in [0.15, 0.2) is 9.84 Å². The molecule has 2 aliphatic rings. The number of rotatable bonds is 2. The van der Waals surface area contributed by atoms with Crippen LogP contribution in [0.1, 0.15) is 27.9 Å². The quantitative estimate of drug-likeness (QED) is 0.816. The third-order valence-corrected chi connectivity index (χ3v) is 6.83. The second-order valence-corrected chi connectivity index (χ2v) is 8.91. The van der Waals surface area contributed by atoms with Gasteiger partial charge in [0, 0.05) is 37.8 Å². The van der Waals surface area contributed by atoms with Crippen LogP contribution < -0.4 is 0 Å². The van der Waals surface area contributed by atoms with Gasteiger partial charge in [0.1, 0.15) is 0 Å². The van der Waals surface area contributed by atoms with E-state index in [2.05, 4.69) is 4.90 Å². The van der Waals surface area contributed by atoms with E-state index in [1.54, 1.807) is 0 Å². The maximum absolute atomic E-state index is 12.6. The molecule has 6 heteroatoms. The smallest absolute Gasteiger partial charge is 0.253 e. The summed E-state index contributed by atoms with van der Waals surface area (Å²) in [4.78, 5) is 16.7. The molecule has 2 aliphatic heterocycles. The van der Waals surface area contributed by atoms with Gasteiger partial charge in [0.25, 0.3) is 5.91 Å².